The van der Waals surface area contributed by atoms with E-state index in [0.717, 1.165) is 17.7 Å². The van der Waals surface area contributed by atoms with Gasteiger partial charge in [-0.2, -0.15) is 0 Å². The Morgan fingerprint density at radius 1 is 1.54 bits per heavy atom. The van der Waals surface area contributed by atoms with Crippen LogP contribution in [0.25, 0.3) is 0 Å². The second kappa shape index (κ2) is 4.26. The number of hydrogen-bond acceptors (Lipinski definition) is 1. The summed E-state index contributed by atoms with van der Waals surface area (Å²) in [6, 6.07) is 1.99. The summed E-state index contributed by atoms with van der Waals surface area (Å²) in [7, 11) is 0. The second-order valence-corrected chi connectivity index (χ2v) is 3.64. The van der Waals surface area contributed by atoms with Gasteiger partial charge < -0.3 is 4.98 Å². The van der Waals surface area contributed by atoms with Crippen LogP contribution in [0.5, 0.6) is 0 Å². The van der Waals surface area contributed by atoms with E-state index in [-0.39, 0.29) is 5.78 Å². The average Bonchev–Trinajstić information content (AvgIpc) is 2.52. The van der Waals surface area contributed by atoms with Gasteiger partial charge in [0.25, 0.3) is 0 Å². The number of carbonyl (C=O) groups excluding carboxylic acids is 1. The summed E-state index contributed by atoms with van der Waals surface area (Å²) < 4.78 is 0. The molecule has 0 aliphatic heterocycles. The van der Waals surface area contributed by atoms with Gasteiger partial charge >= 0.3 is 0 Å². The van der Waals surface area contributed by atoms with Crippen LogP contribution in [0.1, 0.15) is 55.6 Å². The third-order valence-electron chi connectivity index (χ3n) is 2.16. The number of Topliss-reactive ketones (excluding diaryl/α,β-unsaturated/α-hetero) is 1. The molecule has 0 atom stereocenters. The van der Waals surface area contributed by atoms with Gasteiger partial charge in [0.05, 0.1) is 5.69 Å². The molecular weight excluding hydrogens is 162 g/mol. The molecule has 0 fully saturated rings. The van der Waals surface area contributed by atoms with Crippen LogP contribution in [0.4, 0.5) is 0 Å². The molecule has 2 heteroatoms. The predicted octanol–water partition coefficient (Wildman–Crippen LogP) is 3.12. The largest absolute Gasteiger partial charge is 0.359 e. The molecule has 1 aromatic heterocycles. The van der Waals surface area contributed by atoms with Crippen molar-refractivity contribution in [3.8, 4) is 0 Å². The number of carbonyl (C=O) groups is 1. The lowest BCUT2D eigenvalue weighted by atomic mass is 10.0. The van der Waals surface area contributed by atoms with Crippen molar-refractivity contribution < 1.29 is 4.79 Å². The van der Waals surface area contributed by atoms with E-state index in [9.17, 15) is 4.79 Å². The smallest absolute Gasteiger partial charge is 0.179 e. The number of aromatic nitrogens is 1. The summed E-state index contributed by atoms with van der Waals surface area (Å²) in [6.45, 7) is 6.23. The molecule has 0 radical (unpaired) electrons. The maximum Gasteiger partial charge on any atom is 0.179 e. The molecule has 0 spiro atoms. The van der Waals surface area contributed by atoms with Crippen molar-refractivity contribution in [3.05, 3.63) is 23.5 Å². The molecule has 2 nitrogen and oxygen atoms in total. The van der Waals surface area contributed by atoms with Gasteiger partial charge in [-0.05, 0) is 24.0 Å². The monoisotopic (exact) mass is 179 g/mol. The van der Waals surface area contributed by atoms with E-state index in [1.165, 1.54) is 0 Å². The van der Waals surface area contributed by atoms with Gasteiger partial charge in [0.2, 0.25) is 0 Å². The van der Waals surface area contributed by atoms with Gasteiger partial charge in [0.1, 0.15) is 0 Å². The van der Waals surface area contributed by atoms with Crippen LogP contribution >= 0.6 is 0 Å². The van der Waals surface area contributed by atoms with Gasteiger partial charge in [0, 0.05) is 12.6 Å². The highest BCUT2D eigenvalue weighted by atomic mass is 16.1. The number of aromatic amines is 1. The first kappa shape index (κ1) is 10.0. The lowest BCUT2D eigenvalue weighted by Gasteiger charge is -2.05. The van der Waals surface area contributed by atoms with E-state index < -0.39 is 0 Å². The number of H-pyrrole nitrogens is 1. The highest BCUT2D eigenvalue weighted by Crippen LogP contribution is 2.19. The van der Waals surface area contributed by atoms with Crippen LogP contribution in [0.2, 0.25) is 0 Å². The van der Waals surface area contributed by atoms with Crippen LogP contribution in [-0.2, 0) is 0 Å². The first-order chi connectivity index (χ1) is 6.16. The summed E-state index contributed by atoms with van der Waals surface area (Å²) in [5, 5.41) is 0. The number of nitrogens with one attached hydrogen (secondary N) is 1. The zero-order valence-electron chi connectivity index (χ0n) is 8.55. The summed E-state index contributed by atoms with van der Waals surface area (Å²) in [5.74, 6) is 0.651. The van der Waals surface area contributed by atoms with Crippen LogP contribution < -0.4 is 0 Å². The second-order valence-electron chi connectivity index (χ2n) is 3.64. The molecule has 1 rings (SSSR count). The average molecular weight is 179 g/mol. The van der Waals surface area contributed by atoms with Crippen molar-refractivity contribution >= 4 is 5.78 Å². The highest BCUT2D eigenvalue weighted by Gasteiger charge is 2.13. The SMILES string of the molecule is CCCC(=O)c1[nH]ccc1C(C)C. The Kier molecular flexibility index (Phi) is 3.29. The van der Waals surface area contributed by atoms with Crippen molar-refractivity contribution in [3.63, 3.8) is 0 Å². The van der Waals surface area contributed by atoms with Crippen molar-refractivity contribution in [2.24, 2.45) is 0 Å². The molecule has 1 heterocycles. The zero-order valence-corrected chi connectivity index (χ0v) is 8.55. The van der Waals surface area contributed by atoms with Gasteiger partial charge in [-0.15, -0.1) is 0 Å². The van der Waals surface area contributed by atoms with E-state index in [1.807, 2.05) is 19.2 Å². The maximum atomic E-state index is 11.6. The molecule has 0 amide bonds. The Hall–Kier alpha value is -1.05. The Labute approximate surface area is 79.4 Å². The molecule has 0 aliphatic rings. The molecule has 0 saturated heterocycles. The fourth-order valence-electron chi connectivity index (χ4n) is 1.46. The first-order valence-corrected chi connectivity index (χ1v) is 4.87. The summed E-state index contributed by atoms with van der Waals surface area (Å²) in [5.41, 5.74) is 1.94. The van der Waals surface area contributed by atoms with Crippen LogP contribution in [0.15, 0.2) is 12.3 Å². The molecule has 0 aromatic carbocycles. The van der Waals surface area contributed by atoms with Gasteiger partial charge in [-0.1, -0.05) is 20.8 Å². The van der Waals surface area contributed by atoms with E-state index >= 15 is 0 Å². The molecule has 0 aliphatic carbocycles. The minimum absolute atomic E-state index is 0.233. The molecule has 0 saturated carbocycles. The lowest BCUT2D eigenvalue weighted by Crippen LogP contribution is -2.03. The highest BCUT2D eigenvalue weighted by molar-refractivity contribution is 5.95. The molecule has 13 heavy (non-hydrogen) atoms. The molecular formula is C11H17NO. The van der Waals surface area contributed by atoms with E-state index in [2.05, 4.69) is 18.8 Å². The van der Waals surface area contributed by atoms with E-state index in [4.69, 9.17) is 0 Å². The van der Waals surface area contributed by atoms with E-state index in [1.54, 1.807) is 0 Å². The maximum absolute atomic E-state index is 11.6. The fourth-order valence-corrected chi connectivity index (χ4v) is 1.46. The third kappa shape index (κ3) is 2.20. The number of ketones is 1. The van der Waals surface area contributed by atoms with Crippen molar-refractivity contribution in [1.82, 2.24) is 4.98 Å². The van der Waals surface area contributed by atoms with Crippen molar-refractivity contribution in [2.75, 3.05) is 0 Å². The Morgan fingerprint density at radius 2 is 2.23 bits per heavy atom. The van der Waals surface area contributed by atoms with E-state index in [0.29, 0.717) is 12.3 Å². The Balaban J connectivity index is 2.87. The van der Waals surface area contributed by atoms with Crippen LogP contribution in [-0.4, -0.2) is 10.8 Å². The minimum Gasteiger partial charge on any atom is -0.359 e. The summed E-state index contributed by atoms with van der Waals surface area (Å²) >= 11 is 0. The molecule has 1 N–H and O–H groups in total. The molecule has 72 valence electrons. The lowest BCUT2D eigenvalue weighted by molar-refractivity contribution is 0.0976. The first-order valence-electron chi connectivity index (χ1n) is 4.87. The van der Waals surface area contributed by atoms with Gasteiger partial charge in [-0.25, -0.2) is 0 Å². The fraction of sp³-hybridized carbons (Fsp3) is 0.545. The van der Waals surface area contributed by atoms with Crippen LogP contribution in [0.3, 0.4) is 0 Å². The Morgan fingerprint density at radius 3 is 2.77 bits per heavy atom. The number of hydrogen-bond donors (Lipinski definition) is 1. The standard InChI is InChI=1S/C11H17NO/c1-4-5-10(13)11-9(8(2)3)6-7-12-11/h6-8,12H,4-5H2,1-3H3. The quantitative estimate of drug-likeness (QED) is 0.708. The molecule has 1 aromatic rings. The van der Waals surface area contributed by atoms with Crippen LogP contribution in [0, 0.1) is 0 Å². The van der Waals surface area contributed by atoms with Gasteiger partial charge in [0.15, 0.2) is 5.78 Å². The van der Waals surface area contributed by atoms with Crippen molar-refractivity contribution in [2.45, 2.75) is 39.5 Å². The zero-order chi connectivity index (χ0) is 9.84. The third-order valence-corrected chi connectivity index (χ3v) is 2.16. The topological polar surface area (TPSA) is 32.9 Å². The van der Waals surface area contributed by atoms with Gasteiger partial charge in [-0.3, -0.25) is 4.79 Å². The molecule has 0 bridgehead atoms. The molecule has 0 unspecified atom stereocenters. The summed E-state index contributed by atoms with van der Waals surface area (Å²) in [4.78, 5) is 14.6. The Bertz CT molecular complexity index is 286. The minimum atomic E-state index is 0.233. The summed E-state index contributed by atoms with van der Waals surface area (Å²) in [6.07, 6.45) is 3.40. The predicted molar refractivity (Wildman–Crippen MR) is 54.1 cm³/mol. The normalized spacial score (nSPS) is 10.8. The number of rotatable bonds is 4. The van der Waals surface area contributed by atoms with Crippen molar-refractivity contribution in [1.29, 1.82) is 0 Å².